The maximum absolute atomic E-state index is 12.0. The van der Waals surface area contributed by atoms with Crippen LogP contribution in [0.1, 0.15) is 19.2 Å². The van der Waals surface area contributed by atoms with Crippen LogP contribution in [0, 0.1) is 6.92 Å². The predicted octanol–water partition coefficient (Wildman–Crippen LogP) is 0.791. The van der Waals surface area contributed by atoms with Crippen LogP contribution in [0.25, 0.3) is 0 Å². The van der Waals surface area contributed by atoms with E-state index < -0.39 is 10.0 Å². The van der Waals surface area contributed by atoms with E-state index in [1.54, 1.807) is 6.92 Å². The summed E-state index contributed by atoms with van der Waals surface area (Å²) in [5.41, 5.74) is 0. The van der Waals surface area contributed by atoms with Crippen molar-refractivity contribution in [3.8, 4) is 0 Å². The molecular weight excluding hydrogens is 284 g/mol. The maximum atomic E-state index is 12.0. The van der Waals surface area contributed by atoms with E-state index in [0.29, 0.717) is 18.3 Å². The van der Waals surface area contributed by atoms with Crippen LogP contribution in [-0.4, -0.2) is 35.1 Å². The summed E-state index contributed by atoms with van der Waals surface area (Å²) < 4.78 is 30.8. The van der Waals surface area contributed by atoms with Crippen LogP contribution >= 0.6 is 0 Å². The Morgan fingerprint density at radius 1 is 1.30 bits per heavy atom. The van der Waals surface area contributed by atoms with E-state index in [1.807, 2.05) is 6.92 Å². The zero-order valence-electron chi connectivity index (χ0n) is 11.0. The van der Waals surface area contributed by atoms with Gasteiger partial charge in [0.25, 0.3) is 10.0 Å². The minimum atomic E-state index is -3.84. The van der Waals surface area contributed by atoms with Crippen LogP contribution in [0.2, 0.25) is 0 Å². The summed E-state index contributed by atoms with van der Waals surface area (Å²) >= 11 is 0. The zero-order chi connectivity index (χ0) is 14.6. The van der Waals surface area contributed by atoms with Gasteiger partial charge in [-0.1, -0.05) is 12.1 Å². The lowest BCUT2D eigenvalue weighted by Crippen LogP contribution is -2.14. The van der Waals surface area contributed by atoms with E-state index >= 15 is 0 Å². The molecule has 0 radical (unpaired) electrons. The molecule has 0 amide bonds. The van der Waals surface area contributed by atoms with E-state index in [-0.39, 0.29) is 10.9 Å². The number of aromatic nitrogens is 4. The molecule has 0 unspecified atom stereocenters. The fourth-order valence-electron chi connectivity index (χ4n) is 1.30. The first-order valence-electron chi connectivity index (χ1n) is 5.90. The lowest BCUT2D eigenvalue weighted by Gasteiger charge is -2.05. The molecule has 0 spiro atoms. The van der Waals surface area contributed by atoms with Crippen molar-refractivity contribution in [1.29, 1.82) is 0 Å². The zero-order valence-corrected chi connectivity index (χ0v) is 11.8. The normalized spacial score (nSPS) is 11.3. The number of rotatable bonds is 6. The molecule has 0 aromatic carbocycles. The third-order valence-electron chi connectivity index (χ3n) is 2.22. The summed E-state index contributed by atoms with van der Waals surface area (Å²) in [5.74, 6) is 0.706. The van der Waals surface area contributed by atoms with E-state index in [2.05, 4.69) is 30.1 Å². The highest BCUT2D eigenvalue weighted by Gasteiger charge is 2.18. The summed E-state index contributed by atoms with van der Waals surface area (Å²) in [6, 6.07) is -0.198. The molecule has 0 aliphatic carbocycles. The number of sulfonamides is 1. The third kappa shape index (κ3) is 3.41. The fraction of sp³-hybridized carbons (Fsp3) is 0.400. The van der Waals surface area contributed by atoms with Crippen LogP contribution in [-0.2, 0) is 10.0 Å². The average Bonchev–Trinajstić information content (AvgIpc) is 2.81. The second-order valence-corrected chi connectivity index (χ2v) is 5.60. The van der Waals surface area contributed by atoms with Crippen molar-refractivity contribution in [2.75, 3.05) is 16.6 Å². The molecular formula is C10H14N6O3S. The van der Waals surface area contributed by atoms with Gasteiger partial charge in [-0.25, -0.2) is 23.1 Å². The van der Waals surface area contributed by atoms with Gasteiger partial charge in [-0.3, -0.25) is 0 Å². The first-order chi connectivity index (χ1) is 9.51. The number of nitrogens with zero attached hydrogens (tertiary/aromatic N) is 4. The molecule has 10 heteroatoms. The number of aryl methyl sites for hydroxylation is 1. The van der Waals surface area contributed by atoms with Gasteiger partial charge >= 0.3 is 6.01 Å². The third-order valence-corrected chi connectivity index (χ3v) is 3.50. The molecule has 0 aliphatic rings. The second-order valence-electron chi connectivity index (χ2n) is 3.92. The monoisotopic (exact) mass is 298 g/mol. The average molecular weight is 298 g/mol. The first-order valence-corrected chi connectivity index (χ1v) is 7.38. The molecule has 2 aromatic rings. The van der Waals surface area contributed by atoms with Gasteiger partial charge in [0.2, 0.25) is 5.95 Å². The largest absolute Gasteiger partial charge is 0.354 e. The number of nitrogens with one attached hydrogen (secondary N) is 2. The Morgan fingerprint density at radius 2 is 2.00 bits per heavy atom. The van der Waals surface area contributed by atoms with Gasteiger partial charge in [0.1, 0.15) is 4.90 Å². The van der Waals surface area contributed by atoms with Crippen LogP contribution in [0.15, 0.2) is 21.8 Å². The SMILES string of the molecule is CCCNc1ncc(S(=O)(=O)Nc2nc(C)no2)cn1. The van der Waals surface area contributed by atoms with E-state index in [9.17, 15) is 8.42 Å². The highest BCUT2D eigenvalue weighted by Crippen LogP contribution is 2.13. The summed E-state index contributed by atoms with van der Waals surface area (Å²) in [6.45, 7) is 4.30. The number of hydrogen-bond donors (Lipinski definition) is 2. The van der Waals surface area contributed by atoms with Crippen LogP contribution in [0.5, 0.6) is 0 Å². The molecule has 9 nitrogen and oxygen atoms in total. The molecule has 0 aliphatic heterocycles. The van der Waals surface area contributed by atoms with Gasteiger partial charge in [0.05, 0.1) is 12.4 Å². The molecule has 108 valence electrons. The highest BCUT2D eigenvalue weighted by molar-refractivity contribution is 7.92. The van der Waals surface area contributed by atoms with Gasteiger partial charge in [-0.2, -0.15) is 4.98 Å². The molecule has 0 bridgehead atoms. The topological polar surface area (TPSA) is 123 Å². The van der Waals surface area contributed by atoms with Crippen LogP contribution in [0.4, 0.5) is 12.0 Å². The first kappa shape index (κ1) is 14.2. The smallest absolute Gasteiger partial charge is 0.335 e. The van der Waals surface area contributed by atoms with Crippen molar-refractivity contribution in [2.45, 2.75) is 25.2 Å². The van der Waals surface area contributed by atoms with Crippen molar-refractivity contribution in [3.63, 3.8) is 0 Å². The van der Waals surface area contributed by atoms with Gasteiger partial charge in [0, 0.05) is 6.54 Å². The van der Waals surface area contributed by atoms with Crippen molar-refractivity contribution >= 4 is 22.0 Å². The quantitative estimate of drug-likeness (QED) is 0.802. The number of hydrogen-bond acceptors (Lipinski definition) is 8. The minimum Gasteiger partial charge on any atom is -0.354 e. The van der Waals surface area contributed by atoms with E-state index in [1.165, 1.54) is 12.4 Å². The Bertz CT molecular complexity index is 667. The van der Waals surface area contributed by atoms with Crippen molar-refractivity contribution in [1.82, 2.24) is 20.1 Å². The summed E-state index contributed by atoms with van der Waals surface area (Å²) in [7, 11) is -3.84. The minimum absolute atomic E-state index is 0.0876. The Labute approximate surface area is 115 Å². The van der Waals surface area contributed by atoms with Gasteiger partial charge < -0.3 is 9.84 Å². The standard InChI is InChI=1S/C10H14N6O3S/c1-3-4-11-9-12-5-8(6-13-9)20(17,18)16-10-14-7(2)15-19-10/h5-6H,3-4H2,1-2H3,(H,11,12,13)(H,14,15,16). The highest BCUT2D eigenvalue weighted by atomic mass is 32.2. The Kier molecular flexibility index (Phi) is 4.13. The molecule has 2 rings (SSSR count). The van der Waals surface area contributed by atoms with Crippen LogP contribution < -0.4 is 10.0 Å². The predicted molar refractivity (Wildman–Crippen MR) is 70.7 cm³/mol. The molecule has 2 heterocycles. The van der Waals surface area contributed by atoms with Crippen molar-refractivity contribution < 1.29 is 12.9 Å². The Hall–Kier alpha value is -2.23. The van der Waals surface area contributed by atoms with E-state index in [4.69, 9.17) is 4.52 Å². The van der Waals surface area contributed by atoms with Gasteiger partial charge in [0.15, 0.2) is 5.82 Å². The molecule has 0 saturated heterocycles. The molecule has 0 fully saturated rings. The Balaban J connectivity index is 2.13. The van der Waals surface area contributed by atoms with Crippen molar-refractivity contribution in [2.24, 2.45) is 0 Å². The second kappa shape index (κ2) is 5.82. The molecule has 20 heavy (non-hydrogen) atoms. The maximum Gasteiger partial charge on any atom is 0.335 e. The fourth-order valence-corrected chi connectivity index (χ4v) is 2.11. The summed E-state index contributed by atoms with van der Waals surface area (Å²) in [5, 5.41) is 6.44. The summed E-state index contributed by atoms with van der Waals surface area (Å²) in [4.78, 5) is 11.5. The lowest BCUT2D eigenvalue weighted by atomic mass is 10.5. The van der Waals surface area contributed by atoms with Gasteiger partial charge in [-0.05, 0) is 13.3 Å². The van der Waals surface area contributed by atoms with E-state index in [0.717, 1.165) is 6.42 Å². The molecule has 2 N–H and O–H groups in total. The molecule has 0 saturated carbocycles. The lowest BCUT2D eigenvalue weighted by molar-refractivity contribution is 0.429. The van der Waals surface area contributed by atoms with Gasteiger partial charge in [-0.15, -0.1) is 0 Å². The van der Waals surface area contributed by atoms with Crippen LogP contribution in [0.3, 0.4) is 0 Å². The molecule has 2 aromatic heterocycles. The number of anilines is 2. The summed E-state index contributed by atoms with van der Waals surface area (Å²) in [6.07, 6.45) is 3.33. The Morgan fingerprint density at radius 3 is 2.55 bits per heavy atom. The van der Waals surface area contributed by atoms with Crippen molar-refractivity contribution in [3.05, 3.63) is 18.2 Å². The molecule has 0 atom stereocenters.